The van der Waals surface area contributed by atoms with Crippen LogP contribution in [0.3, 0.4) is 0 Å². The van der Waals surface area contributed by atoms with Gasteiger partial charge in [-0.15, -0.1) is 0 Å². The highest BCUT2D eigenvalue weighted by Gasteiger charge is 2.11. The Morgan fingerprint density at radius 2 is 1.50 bits per heavy atom. The Hall–Kier alpha value is -2.88. The van der Waals surface area contributed by atoms with Gasteiger partial charge in [0, 0.05) is 0 Å². The zero-order chi connectivity index (χ0) is 15.7. The van der Waals surface area contributed by atoms with Crippen LogP contribution < -0.4 is 9.47 Å². The molecule has 0 fully saturated rings. The average molecular weight is 296 g/mol. The number of ether oxygens (including phenoxy) is 2. The van der Waals surface area contributed by atoms with E-state index in [2.05, 4.69) is 0 Å². The highest BCUT2D eigenvalue weighted by Crippen LogP contribution is 2.38. The molecule has 3 aromatic rings. The van der Waals surface area contributed by atoms with Crippen LogP contribution in [0, 0.1) is 0 Å². The fourth-order valence-corrected chi connectivity index (χ4v) is 2.55. The van der Waals surface area contributed by atoms with Gasteiger partial charge in [0.15, 0.2) is 23.0 Å². The third kappa shape index (κ3) is 2.29. The Morgan fingerprint density at radius 1 is 0.773 bits per heavy atom. The number of phenolic OH excluding ortho intramolecular Hbond substituents is 2. The van der Waals surface area contributed by atoms with Crippen LogP contribution in [-0.4, -0.2) is 24.4 Å². The van der Waals surface area contributed by atoms with E-state index in [1.54, 1.807) is 24.3 Å². The van der Waals surface area contributed by atoms with Crippen LogP contribution in [-0.2, 0) is 0 Å². The Bertz CT molecular complexity index is 840. The second kappa shape index (κ2) is 5.48. The molecule has 0 saturated carbocycles. The van der Waals surface area contributed by atoms with E-state index in [0.717, 1.165) is 21.9 Å². The Labute approximate surface area is 128 Å². The van der Waals surface area contributed by atoms with E-state index in [4.69, 9.17) is 9.47 Å². The summed E-state index contributed by atoms with van der Waals surface area (Å²) < 4.78 is 10.4. The first-order valence-corrected chi connectivity index (χ1v) is 6.81. The van der Waals surface area contributed by atoms with Gasteiger partial charge in [-0.25, -0.2) is 0 Å². The zero-order valence-electron chi connectivity index (χ0n) is 12.3. The van der Waals surface area contributed by atoms with E-state index in [0.29, 0.717) is 11.5 Å². The number of hydrogen-bond acceptors (Lipinski definition) is 4. The molecule has 2 N–H and O–H groups in total. The van der Waals surface area contributed by atoms with Crippen LogP contribution >= 0.6 is 0 Å². The maximum Gasteiger partial charge on any atom is 0.161 e. The fraction of sp³-hybridized carbons (Fsp3) is 0.111. The predicted molar refractivity (Wildman–Crippen MR) is 85.8 cm³/mol. The minimum absolute atomic E-state index is 0.0988. The number of methoxy groups -OCH3 is 2. The van der Waals surface area contributed by atoms with E-state index in [9.17, 15) is 10.2 Å². The molecule has 22 heavy (non-hydrogen) atoms. The van der Waals surface area contributed by atoms with E-state index in [1.165, 1.54) is 14.2 Å². The summed E-state index contributed by atoms with van der Waals surface area (Å²) in [5.41, 5.74) is 1.88. The van der Waals surface area contributed by atoms with E-state index in [1.807, 2.05) is 24.3 Å². The SMILES string of the molecule is COc1cc(-c2cccc3cc(O)c(OC)cc23)ccc1O. The molecule has 4 nitrogen and oxygen atoms in total. The fourth-order valence-electron chi connectivity index (χ4n) is 2.55. The van der Waals surface area contributed by atoms with Crippen molar-refractivity contribution in [3.63, 3.8) is 0 Å². The van der Waals surface area contributed by atoms with Crippen LogP contribution in [0.25, 0.3) is 21.9 Å². The number of hydrogen-bond donors (Lipinski definition) is 2. The first kappa shape index (κ1) is 14.1. The van der Waals surface area contributed by atoms with Crippen molar-refractivity contribution in [2.45, 2.75) is 0 Å². The lowest BCUT2D eigenvalue weighted by Crippen LogP contribution is -1.88. The van der Waals surface area contributed by atoms with Gasteiger partial charge in [-0.05, 0) is 46.2 Å². The van der Waals surface area contributed by atoms with Crippen molar-refractivity contribution in [3.8, 4) is 34.1 Å². The Balaban J connectivity index is 2.26. The first-order valence-electron chi connectivity index (χ1n) is 6.81. The molecule has 0 aliphatic heterocycles. The molecule has 3 rings (SSSR count). The summed E-state index contributed by atoms with van der Waals surface area (Å²) in [6, 6.07) is 14.5. The molecule has 0 bridgehead atoms. The van der Waals surface area contributed by atoms with Gasteiger partial charge < -0.3 is 19.7 Å². The first-order chi connectivity index (χ1) is 10.6. The molecule has 0 radical (unpaired) electrons. The van der Waals surface area contributed by atoms with Gasteiger partial charge in [0.2, 0.25) is 0 Å². The topological polar surface area (TPSA) is 58.9 Å². The van der Waals surface area contributed by atoms with Crippen molar-refractivity contribution < 1.29 is 19.7 Å². The largest absolute Gasteiger partial charge is 0.504 e. The molecule has 0 spiro atoms. The van der Waals surface area contributed by atoms with Gasteiger partial charge in [0.1, 0.15) is 0 Å². The molecule has 0 saturated heterocycles. The Kier molecular flexibility index (Phi) is 3.51. The number of rotatable bonds is 3. The second-order valence-corrected chi connectivity index (χ2v) is 4.94. The lowest BCUT2D eigenvalue weighted by atomic mass is 9.97. The van der Waals surface area contributed by atoms with Gasteiger partial charge in [-0.3, -0.25) is 0 Å². The summed E-state index contributed by atoms with van der Waals surface area (Å²) in [6.07, 6.45) is 0. The summed E-state index contributed by atoms with van der Waals surface area (Å²) in [4.78, 5) is 0. The summed E-state index contributed by atoms with van der Waals surface area (Å²) in [6.45, 7) is 0. The van der Waals surface area contributed by atoms with Crippen molar-refractivity contribution in [3.05, 3.63) is 48.5 Å². The molecule has 4 heteroatoms. The van der Waals surface area contributed by atoms with Crippen LogP contribution in [0.5, 0.6) is 23.0 Å². The average Bonchev–Trinajstić information content (AvgIpc) is 2.54. The molecule has 112 valence electrons. The summed E-state index contributed by atoms with van der Waals surface area (Å²) >= 11 is 0. The summed E-state index contributed by atoms with van der Waals surface area (Å²) in [7, 11) is 3.04. The standard InChI is InChI=1S/C18H16O4/c1-21-17-9-12(6-7-15(17)19)13-5-3-4-11-8-16(20)18(22-2)10-14(11)13/h3-10,19-20H,1-2H3. The molecule has 0 aliphatic rings. The minimum atomic E-state index is 0.0988. The number of fused-ring (bicyclic) bond motifs is 1. The third-order valence-corrected chi connectivity index (χ3v) is 3.67. The lowest BCUT2D eigenvalue weighted by molar-refractivity contribution is 0.373. The number of phenols is 2. The van der Waals surface area contributed by atoms with Gasteiger partial charge in [-0.1, -0.05) is 24.3 Å². The van der Waals surface area contributed by atoms with Crippen molar-refractivity contribution in [2.24, 2.45) is 0 Å². The van der Waals surface area contributed by atoms with E-state index < -0.39 is 0 Å². The monoisotopic (exact) mass is 296 g/mol. The molecule has 0 amide bonds. The van der Waals surface area contributed by atoms with E-state index >= 15 is 0 Å². The molecule has 0 atom stereocenters. The van der Waals surface area contributed by atoms with Crippen LogP contribution in [0.1, 0.15) is 0 Å². The molecule has 0 unspecified atom stereocenters. The van der Waals surface area contributed by atoms with Gasteiger partial charge in [-0.2, -0.15) is 0 Å². The normalized spacial score (nSPS) is 10.6. The smallest absolute Gasteiger partial charge is 0.161 e. The quantitative estimate of drug-likeness (QED) is 0.768. The maximum atomic E-state index is 9.91. The van der Waals surface area contributed by atoms with Gasteiger partial charge in [0.25, 0.3) is 0 Å². The van der Waals surface area contributed by atoms with Crippen molar-refractivity contribution in [1.29, 1.82) is 0 Å². The van der Waals surface area contributed by atoms with Crippen LogP contribution in [0.2, 0.25) is 0 Å². The minimum Gasteiger partial charge on any atom is -0.504 e. The number of aromatic hydroxyl groups is 2. The van der Waals surface area contributed by atoms with Crippen molar-refractivity contribution in [1.82, 2.24) is 0 Å². The second-order valence-electron chi connectivity index (χ2n) is 4.94. The molecule has 0 heterocycles. The van der Waals surface area contributed by atoms with Gasteiger partial charge >= 0.3 is 0 Å². The van der Waals surface area contributed by atoms with Gasteiger partial charge in [0.05, 0.1) is 14.2 Å². The molecular weight excluding hydrogens is 280 g/mol. The van der Waals surface area contributed by atoms with Crippen molar-refractivity contribution in [2.75, 3.05) is 14.2 Å². The molecule has 0 aromatic heterocycles. The highest BCUT2D eigenvalue weighted by molar-refractivity contribution is 5.98. The lowest BCUT2D eigenvalue weighted by Gasteiger charge is -2.11. The summed E-state index contributed by atoms with van der Waals surface area (Å²) in [5, 5.41) is 21.5. The molecule has 0 aliphatic carbocycles. The highest BCUT2D eigenvalue weighted by atomic mass is 16.5. The predicted octanol–water partition coefficient (Wildman–Crippen LogP) is 3.94. The van der Waals surface area contributed by atoms with E-state index in [-0.39, 0.29) is 11.5 Å². The summed E-state index contributed by atoms with van der Waals surface area (Å²) in [5.74, 6) is 1.04. The third-order valence-electron chi connectivity index (χ3n) is 3.67. The maximum absolute atomic E-state index is 9.91. The van der Waals surface area contributed by atoms with Crippen LogP contribution in [0.4, 0.5) is 0 Å². The molecular formula is C18H16O4. The molecule has 3 aromatic carbocycles. The van der Waals surface area contributed by atoms with Crippen LogP contribution in [0.15, 0.2) is 48.5 Å². The zero-order valence-corrected chi connectivity index (χ0v) is 12.3. The Morgan fingerprint density at radius 3 is 2.23 bits per heavy atom. The number of benzene rings is 3. The van der Waals surface area contributed by atoms with Crippen molar-refractivity contribution >= 4 is 10.8 Å².